The van der Waals surface area contributed by atoms with Crippen molar-refractivity contribution in [3.63, 3.8) is 0 Å². The molecule has 2 rings (SSSR count). The van der Waals surface area contributed by atoms with Crippen LogP contribution in [0, 0.1) is 0 Å². The Kier molecular flexibility index (Phi) is 3.00. The number of hydrogen-bond donors (Lipinski definition) is 1. The smallest absolute Gasteiger partial charge is 0.187 e. The topological polar surface area (TPSA) is 61.0 Å². The molecule has 0 spiro atoms. The molecule has 2 heterocycles. The van der Waals surface area contributed by atoms with Crippen LogP contribution >= 0.6 is 11.8 Å². The zero-order valence-corrected chi connectivity index (χ0v) is 8.93. The first-order chi connectivity index (χ1) is 6.85. The van der Waals surface area contributed by atoms with Gasteiger partial charge in [-0.05, 0) is 12.8 Å². The van der Waals surface area contributed by atoms with Crippen molar-refractivity contribution in [3.05, 3.63) is 17.0 Å². The first-order valence-electron chi connectivity index (χ1n) is 4.55. The van der Waals surface area contributed by atoms with E-state index in [1.165, 1.54) is 0 Å². The number of ether oxygens (including phenoxy) is 1. The van der Waals surface area contributed by atoms with E-state index in [0.717, 1.165) is 28.5 Å². The van der Waals surface area contributed by atoms with E-state index in [-0.39, 0.29) is 0 Å². The predicted octanol–water partition coefficient (Wildman–Crippen LogP) is 0.730. The third kappa shape index (κ3) is 1.75. The highest BCUT2D eigenvalue weighted by molar-refractivity contribution is 7.98. The number of aromatic nitrogens is 2. The molecule has 0 unspecified atom stereocenters. The van der Waals surface area contributed by atoms with E-state index in [2.05, 4.69) is 9.97 Å². The Hall–Kier alpha value is -0.650. The molecule has 1 aliphatic rings. The molecule has 1 aromatic heterocycles. The number of thioether (sulfide) groups is 1. The molecule has 0 aliphatic carbocycles. The zero-order chi connectivity index (χ0) is 9.97. The van der Waals surface area contributed by atoms with Gasteiger partial charge in [0.2, 0.25) is 0 Å². The molecule has 0 amide bonds. The van der Waals surface area contributed by atoms with Crippen molar-refractivity contribution in [1.29, 1.82) is 0 Å². The maximum Gasteiger partial charge on any atom is 0.187 e. The van der Waals surface area contributed by atoms with Crippen LogP contribution in [0.1, 0.15) is 17.0 Å². The second kappa shape index (κ2) is 4.25. The van der Waals surface area contributed by atoms with Crippen LogP contribution in [0.3, 0.4) is 0 Å². The summed E-state index contributed by atoms with van der Waals surface area (Å²) in [5, 5.41) is 0.817. The molecular formula is C9H13N3OS. The maximum absolute atomic E-state index is 5.54. The van der Waals surface area contributed by atoms with E-state index in [4.69, 9.17) is 10.5 Å². The number of hydrogen-bond acceptors (Lipinski definition) is 5. The minimum absolute atomic E-state index is 0.614. The Balaban J connectivity index is 2.41. The van der Waals surface area contributed by atoms with Crippen molar-refractivity contribution in [2.24, 2.45) is 5.73 Å². The predicted molar refractivity (Wildman–Crippen MR) is 55.1 cm³/mol. The molecule has 0 bridgehead atoms. The molecule has 4 nitrogen and oxygen atoms in total. The monoisotopic (exact) mass is 211 g/mol. The fraction of sp³-hybridized carbons (Fsp3) is 0.556. The highest BCUT2D eigenvalue weighted by Gasteiger charge is 2.18. The van der Waals surface area contributed by atoms with Crippen molar-refractivity contribution in [2.45, 2.75) is 24.8 Å². The molecule has 1 aliphatic heterocycles. The average molecular weight is 211 g/mol. The fourth-order valence-electron chi connectivity index (χ4n) is 1.53. The third-order valence-electron chi connectivity index (χ3n) is 2.21. The van der Waals surface area contributed by atoms with Crippen molar-refractivity contribution in [3.8, 4) is 0 Å². The SMILES string of the molecule is CSc1nc(CCN)c2c(n1)COC2. The minimum Gasteiger partial charge on any atom is -0.370 e. The molecule has 14 heavy (non-hydrogen) atoms. The van der Waals surface area contributed by atoms with Gasteiger partial charge in [0.05, 0.1) is 24.6 Å². The summed E-state index contributed by atoms with van der Waals surface area (Å²) in [6.07, 6.45) is 2.78. The van der Waals surface area contributed by atoms with E-state index in [9.17, 15) is 0 Å². The lowest BCUT2D eigenvalue weighted by atomic mass is 10.1. The molecule has 0 radical (unpaired) electrons. The van der Waals surface area contributed by atoms with Crippen molar-refractivity contribution in [1.82, 2.24) is 9.97 Å². The van der Waals surface area contributed by atoms with Gasteiger partial charge in [0.25, 0.3) is 0 Å². The number of fused-ring (bicyclic) bond motifs is 1. The van der Waals surface area contributed by atoms with Gasteiger partial charge in [-0.15, -0.1) is 0 Å². The van der Waals surface area contributed by atoms with Crippen molar-refractivity contribution < 1.29 is 4.74 Å². The standard InChI is InChI=1S/C9H13N3OS/c1-14-9-11-7(2-3-10)6-4-13-5-8(6)12-9/h2-5,10H2,1H3. The normalized spacial score (nSPS) is 14.4. The minimum atomic E-state index is 0.614. The van der Waals surface area contributed by atoms with Gasteiger partial charge in [-0.3, -0.25) is 0 Å². The van der Waals surface area contributed by atoms with Gasteiger partial charge in [-0.2, -0.15) is 0 Å². The highest BCUT2D eigenvalue weighted by atomic mass is 32.2. The van der Waals surface area contributed by atoms with Crippen LogP contribution in [-0.4, -0.2) is 22.8 Å². The Morgan fingerprint density at radius 3 is 3.00 bits per heavy atom. The lowest BCUT2D eigenvalue weighted by molar-refractivity contribution is 0.132. The number of rotatable bonds is 3. The molecule has 0 saturated carbocycles. The first kappa shape index (κ1) is 9.89. The number of nitrogens with two attached hydrogens (primary N) is 1. The quantitative estimate of drug-likeness (QED) is 0.590. The zero-order valence-electron chi connectivity index (χ0n) is 8.12. The fourth-order valence-corrected chi connectivity index (χ4v) is 1.93. The summed E-state index contributed by atoms with van der Waals surface area (Å²) >= 11 is 1.56. The Morgan fingerprint density at radius 2 is 2.29 bits per heavy atom. The summed E-state index contributed by atoms with van der Waals surface area (Å²) in [5.74, 6) is 0. The molecule has 0 saturated heterocycles. The van der Waals surface area contributed by atoms with Crippen LogP contribution in [0.25, 0.3) is 0 Å². The van der Waals surface area contributed by atoms with E-state index >= 15 is 0 Å². The largest absolute Gasteiger partial charge is 0.370 e. The van der Waals surface area contributed by atoms with Gasteiger partial charge in [-0.25, -0.2) is 9.97 Å². The summed E-state index contributed by atoms with van der Waals surface area (Å²) in [6.45, 7) is 1.87. The second-order valence-electron chi connectivity index (χ2n) is 3.11. The van der Waals surface area contributed by atoms with E-state index in [1.807, 2.05) is 6.26 Å². The van der Waals surface area contributed by atoms with Crippen LogP contribution < -0.4 is 5.73 Å². The molecule has 2 N–H and O–H groups in total. The Morgan fingerprint density at radius 1 is 1.43 bits per heavy atom. The van der Waals surface area contributed by atoms with Crippen LogP contribution in [0.4, 0.5) is 0 Å². The van der Waals surface area contributed by atoms with Gasteiger partial charge >= 0.3 is 0 Å². The first-order valence-corrected chi connectivity index (χ1v) is 5.78. The van der Waals surface area contributed by atoms with Gasteiger partial charge < -0.3 is 10.5 Å². The molecule has 76 valence electrons. The van der Waals surface area contributed by atoms with Gasteiger partial charge in [-0.1, -0.05) is 11.8 Å². The van der Waals surface area contributed by atoms with Crippen molar-refractivity contribution in [2.75, 3.05) is 12.8 Å². The summed E-state index contributed by atoms with van der Waals surface area (Å²) in [6, 6.07) is 0. The Labute approximate surface area is 87.3 Å². The molecule has 0 fully saturated rings. The van der Waals surface area contributed by atoms with Crippen molar-refractivity contribution >= 4 is 11.8 Å². The van der Waals surface area contributed by atoms with Crippen LogP contribution in [0.5, 0.6) is 0 Å². The molecular weight excluding hydrogens is 198 g/mol. The summed E-state index contributed by atoms with van der Waals surface area (Å²) < 4.78 is 5.35. The van der Waals surface area contributed by atoms with E-state index < -0.39 is 0 Å². The lowest BCUT2D eigenvalue weighted by Gasteiger charge is -2.06. The molecule has 5 heteroatoms. The Bertz CT molecular complexity index is 343. The van der Waals surface area contributed by atoms with E-state index in [0.29, 0.717) is 19.8 Å². The molecule has 0 atom stereocenters. The third-order valence-corrected chi connectivity index (χ3v) is 2.75. The highest BCUT2D eigenvalue weighted by Crippen LogP contribution is 2.23. The summed E-state index contributed by atoms with van der Waals surface area (Å²) in [5.41, 5.74) is 8.77. The maximum atomic E-state index is 5.54. The lowest BCUT2D eigenvalue weighted by Crippen LogP contribution is -2.09. The van der Waals surface area contributed by atoms with Gasteiger partial charge in [0.15, 0.2) is 5.16 Å². The molecule has 1 aromatic rings. The van der Waals surface area contributed by atoms with E-state index in [1.54, 1.807) is 11.8 Å². The van der Waals surface area contributed by atoms with Crippen LogP contribution in [-0.2, 0) is 24.4 Å². The van der Waals surface area contributed by atoms with Gasteiger partial charge in [0, 0.05) is 12.0 Å². The summed E-state index contributed by atoms with van der Waals surface area (Å²) in [4.78, 5) is 8.85. The molecule has 0 aromatic carbocycles. The number of nitrogens with zero attached hydrogens (tertiary/aromatic N) is 2. The van der Waals surface area contributed by atoms with Crippen LogP contribution in [0.2, 0.25) is 0 Å². The summed E-state index contributed by atoms with van der Waals surface area (Å²) in [7, 11) is 0. The van der Waals surface area contributed by atoms with Crippen LogP contribution in [0.15, 0.2) is 5.16 Å². The van der Waals surface area contributed by atoms with Gasteiger partial charge in [0.1, 0.15) is 0 Å². The second-order valence-corrected chi connectivity index (χ2v) is 3.89. The average Bonchev–Trinajstić information content (AvgIpc) is 2.66.